The van der Waals surface area contributed by atoms with Crippen LogP contribution in [-0.2, 0) is 4.79 Å². The summed E-state index contributed by atoms with van der Waals surface area (Å²) in [5.74, 6) is 2.14. The van der Waals surface area contributed by atoms with Gasteiger partial charge in [0, 0.05) is 22.9 Å². The predicted molar refractivity (Wildman–Crippen MR) is 120 cm³/mol. The summed E-state index contributed by atoms with van der Waals surface area (Å²) < 4.78 is 5.77. The molecular weight excluding hydrogens is 372 g/mol. The van der Waals surface area contributed by atoms with Crippen LogP contribution in [0.25, 0.3) is 11.0 Å². The van der Waals surface area contributed by atoms with Gasteiger partial charge in [-0.25, -0.2) is 0 Å². The van der Waals surface area contributed by atoms with Crippen LogP contribution in [-0.4, -0.2) is 36.5 Å². The van der Waals surface area contributed by atoms with Crippen LogP contribution >= 0.6 is 0 Å². The van der Waals surface area contributed by atoms with Crippen molar-refractivity contribution >= 4 is 16.9 Å². The number of benzene rings is 1. The number of carbonyl (C=O) groups is 1. The van der Waals surface area contributed by atoms with Gasteiger partial charge in [-0.05, 0) is 95.3 Å². The minimum Gasteiger partial charge on any atom is -0.464 e. The highest BCUT2D eigenvalue weighted by Gasteiger charge is 2.29. The highest BCUT2D eigenvalue weighted by molar-refractivity contribution is 5.81. The molecule has 0 unspecified atom stereocenters. The lowest BCUT2D eigenvalue weighted by Crippen LogP contribution is -2.43. The zero-order chi connectivity index (χ0) is 20.3. The predicted octanol–water partition coefficient (Wildman–Crippen LogP) is 5.48. The molecule has 1 N–H and O–H groups in total. The lowest BCUT2D eigenvalue weighted by Gasteiger charge is -2.35. The summed E-state index contributed by atoms with van der Waals surface area (Å²) in [5.41, 5.74) is 2.43. The van der Waals surface area contributed by atoms with Gasteiger partial charge in [-0.1, -0.05) is 24.6 Å². The van der Waals surface area contributed by atoms with Gasteiger partial charge in [-0.15, -0.1) is 0 Å². The molecule has 3 fully saturated rings. The summed E-state index contributed by atoms with van der Waals surface area (Å²) in [7, 11) is 0. The number of hydrogen-bond donors (Lipinski definition) is 1. The van der Waals surface area contributed by atoms with Crippen LogP contribution in [0.4, 0.5) is 0 Å². The monoisotopic (exact) mass is 408 g/mol. The van der Waals surface area contributed by atoms with Crippen LogP contribution in [0.5, 0.6) is 0 Å². The van der Waals surface area contributed by atoms with E-state index < -0.39 is 0 Å². The normalized spacial score (nSPS) is 26.5. The minimum atomic E-state index is 0.325. The van der Waals surface area contributed by atoms with Crippen molar-refractivity contribution in [3.63, 3.8) is 0 Å². The largest absolute Gasteiger partial charge is 0.464 e. The van der Waals surface area contributed by atoms with Gasteiger partial charge in [0.05, 0.1) is 6.26 Å². The molecule has 30 heavy (non-hydrogen) atoms. The molecule has 1 amide bonds. The summed E-state index contributed by atoms with van der Waals surface area (Å²) in [6.45, 7) is 3.65. The van der Waals surface area contributed by atoms with Crippen LogP contribution in [0.2, 0.25) is 0 Å². The Balaban J connectivity index is 1.02. The molecule has 2 aliphatic carbocycles. The first kappa shape index (κ1) is 20.1. The van der Waals surface area contributed by atoms with Gasteiger partial charge in [0.2, 0.25) is 5.91 Å². The van der Waals surface area contributed by atoms with Crippen LogP contribution < -0.4 is 5.32 Å². The summed E-state index contributed by atoms with van der Waals surface area (Å²) in [5, 5.41) is 4.62. The van der Waals surface area contributed by atoms with E-state index in [9.17, 15) is 4.79 Å². The second-order valence-electron chi connectivity index (χ2n) is 9.95. The summed E-state index contributed by atoms with van der Waals surface area (Å²) >= 11 is 0. The van der Waals surface area contributed by atoms with E-state index in [4.69, 9.17) is 4.42 Å². The maximum absolute atomic E-state index is 12.2. The number of furan rings is 1. The first-order valence-corrected chi connectivity index (χ1v) is 12.2. The van der Waals surface area contributed by atoms with Gasteiger partial charge < -0.3 is 14.6 Å². The Morgan fingerprint density at radius 1 is 1.00 bits per heavy atom. The second-order valence-corrected chi connectivity index (χ2v) is 9.95. The van der Waals surface area contributed by atoms with Gasteiger partial charge in [0.1, 0.15) is 5.58 Å². The van der Waals surface area contributed by atoms with E-state index in [1.807, 2.05) is 12.3 Å². The lowest BCUT2D eigenvalue weighted by atomic mass is 9.82. The number of rotatable bonds is 6. The summed E-state index contributed by atoms with van der Waals surface area (Å²) in [4.78, 5) is 14.8. The Hall–Kier alpha value is -1.81. The molecule has 0 bridgehead atoms. The number of amides is 1. The first-order chi connectivity index (χ1) is 14.8. The highest BCUT2D eigenvalue weighted by atomic mass is 16.3. The van der Waals surface area contributed by atoms with Crippen molar-refractivity contribution in [1.82, 2.24) is 10.2 Å². The highest BCUT2D eigenvalue weighted by Crippen LogP contribution is 2.35. The van der Waals surface area contributed by atoms with Crippen LogP contribution in [0.15, 0.2) is 34.9 Å². The quantitative estimate of drug-likeness (QED) is 0.689. The second kappa shape index (κ2) is 9.13. The number of nitrogens with one attached hydrogen (secondary N) is 1. The van der Waals surface area contributed by atoms with E-state index in [0.717, 1.165) is 24.3 Å². The maximum Gasteiger partial charge on any atom is 0.223 e. The average molecular weight is 409 g/mol. The van der Waals surface area contributed by atoms with Gasteiger partial charge in [-0.2, -0.15) is 0 Å². The molecule has 1 saturated heterocycles. The number of carbonyl (C=O) groups excluding carboxylic acids is 1. The topological polar surface area (TPSA) is 45.5 Å². The fraction of sp³-hybridized carbons (Fsp3) is 0.654. The zero-order valence-corrected chi connectivity index (χ0v) is 18.2. The van der Waals surface area contributed by atoms with Gasteiger partial charge in [0.25, 0.3) is 0 Å². The molecule has 1 aromatic carbocycles. The molecular formula is C26H36N2O2. The van der Waals surface area contributed by atoms with Gasteiger partial charge in [0.15, 0.2) is 0 Å². The van der Waals surface area contributed by atoms with Gasteiger partial charge >= 0.3 is 0 Å². The van der Waals surface area contributed by atoms with Crippen molar-refractivity contribution in [3.8, 4) is 0 Å². The number of piperidine rings is 1. The van der Waals surface area contributed by atoms with E-state index in [1.54, 1.807) is 0 Å². The molecule has 5 rings (SSSR count). The van der Waals surface area contributed by atoms with Gasteiger partial charge in [-0.3, -0.25) is 4.79 Å². The molecule has 2 aromatic rings. The maximum atomic E-state index is 12.2. The fourth-order valence-electron chi connectivity index (χ4n) is 5.73. The van der Waals surface area contributed by atoms with Crippen molar-refractivity contribution in [2.24, 2.45) is 11.8 Å². The summed E-state index contributed by atoms with van der Waals surface area (Å²) in [6.07, 6.45) is 14.2. The van der Waals surface area contributed by atoms with E-state index in [2.05, 4.69) is 28.4 Å². The Morgan fingerprint density at radius 3 is 2.50 bits per heavy atom. The summed E-state index contributed by atoms with van der Waals surface area (Å²) in [6, 6.07) is 8.88. The van der Waals surface area contributed by atoms with E-state index >= 15 is 0 Å². The smallest absolute Gasteiger partial charge is 0.223 e. The molecule has 0 radical (unpaired) electrons. The third-order valence-corrected chi connectivity index (χ3v) is 8.06. The molecule has 162 valence electrons. The first-order valence-electron chi connectivity index (χ1n) is 12.2. The van der Waals surface area contributed by atoms with Crippen molar-refractivity contribution in [2.75, 3.05) is 19.6 Å². The fourth-order valence-corrected chi connectivity index (χ4v) is 5.73. The van der Waals surface area contributed by atoms with E-state index in [-0.39, 0.29) is 0 Å². The standard InChI is InChI=1S/C26H36N2O2/c29-26(21-4-3-5-21)27-22-10-8-19(9-11-22)12-15-28-16-13-20(14-17-28)24-18-30-25-7-2-1-6-23(24)25/h1-2,6-7,18-22H,3-5,8-17H2,(H,27,29). The van der Waals surface area contributed by atoms with Crippen molar-refractivity contribution in [3.05, 3.63) is 36.1 Å². The van der Waals surface area contributed by atoms with Crippen LogP contribution in [0, 0.1) is 11.8 Å². The number of para-hydroxylation sites is 1. The Kier molecular flexibility index (Phi) is 6.12. The van der Waals surface area contributed by atoms with Crippen molar-refractivity contribution < 1.29 is 9.21 Å². The van der Waals surface area contributed by atoms with E-state index in [1.165, 1.54) is 82.0 Å². The van der Waals surface area contributed by atoms with Crippen molar-refractivity contribution in [1.29, 1.82) is 0 Å². The van der Waals surface area contributed by atoms with Crippen LogP contribution in [0.3, 0.4) is 0 Å². The molecule has 0 spiro atoms. The SMILES string of the molecule is O=C(NC1CCC(CCN2CCC(c3coc4ccccc34)CC2)CC1)C1CCC1. The molecule has 2 heterocycles. The zero-order valence-electron chi connectivity index (χ0n) is 18.2. The Morgan fingerprint density at radius 2 is 1.77 bits per heavy atom. The molecule has 1 aliphatic heterocycles. The molecule has 0 atom stereocenters. The lowest BCUT2D eigenvalue weighted by molar-refractivity contribution is -0.128. The molecule has 2 saturated carbocycles. The van der Waals surface area contributed by atoms with E-state index in [0.29, 0.717) is 23.8 Å². The van der Waals surface area contributed by atoms with Crippen LogP contribution in [0.1, 0.15) is 75.7 Å². The number of fused-ring (bicyclic) bond motifs is 1. The average Bonchev–Trinajstić information content (AvgIpc) is 3.16. The molecule has 4 nitrogen and oxygen atoms in total. The van der Waals surface area contributed by atoms with Crippen molar-refractivity contribution in [2.45, 2.75) is 76.2 Å². The number of nitrogens with zero attached hydrogens (tertiary/aromatic N) is 1. The molecule has 1 aromatic heterocycles. The Labute approximate surface area is 180 Å². The Bertz CT molecular complexity index is 840. The number of hydrogen-bond acceptors (Lipinski definition) is 3. The number of likely N-dealkylation sites (tertiary alicyclic amines) is 1. The minimum absolute atomic E-state index is 0.325. The molecule has 4 heteroatoms. The third kappa shape index (κ3) is 4.44. The molecule has 3 aliphatic rings. The third-order valence-electron chi connectivity index (χ3n) is 8.06.